The Morgan fingerprint density at radius 3 is 3.05 bits per heavy atom. The number of amides is 1. The minimum Gasteiger partial charge on any atom is -0.446 e. The second kappa shape index (κ2) is 7.06. The van der Waals surface area contributed by atoms with E-state index in [1.165, 1.54) is 0 Å². The van der Waals surface area contributed by atoms with Gasteiger partial charge in [0.1, 0.15) is 0 Å². The van der Waals surface area contributed by atoms with Gasteiger partial charge in [0.2, 0.25) is 17.6 Å². The highest BCUT2D eigenvalue weighted by Gasteiger charge is 2.22. The topological polar surface area (TPSA) is 93.2 Å². The molecule has 0 spiro atoms. The lowest BCUT2D eigenvalue weighted by atomic mass is 10.2. The van der Waals surface area contributed by atoms with Crippen LogP contribution >= 0.6 is 28.3 Å². The Balaban J connectivity index is 0.00000161. The maximum Gasteiger partial charge on any atom is 0.246 e. The van der Waals surface area contributed by atoms with Crippen LogP contribution in [0.25, 0.3) is 11.6 Å². The fourth-order valence-corrected chi connectivity index (χ4v) is 2.36. The lowest BCUT2D eigenvalue weighted by Crippen LogP contribution is -2.40. The first-order valence-corrected chi connectivity index (χ1v) is 7.11. The molecule has 1 saturated heterocycles. The molecule has 2 N–H and O–H groups in total. The average molecular weight is 378 g/mol. The molecule has 0 aromatic carbocycles. The van der Waals surface area contributed by atoms with Crippen molar-refractivity contribution in [2.75, 3.05) is 6.54 Å². The molecule has 9 heteroatoms. The molecule has 2 aromatic rings. The fraction of sp³-hybridized carbons (Fsp3) is 0.417. The number of hydrogen-bond acceptors (Lipinski definition) is 6. The van der Waals surface area contributed by atoms with Gasteiger partial charge in [-0.2, -0.15) is 4.98 Å². The summed E-state index contributed by atoms with van der Waals surface area (Å²) in [7, 11) is 0. The van der Waals surface area contributed by atoms with Crippen molar-refractivity contribution in [1.82, 2.24) is 20.8 Å². The molecule has 1 atom stereocenters. The molecule has 1 fully saturated rings. The first-order valence-electron chi connectivity index (χ1n) is 6.32. The van der Waals surface area contributed by atoms with Gasteiger partial charge in [0.15, 0.2) is 10.4 Å². The van der Waals surface area contributed by atoms with Gasteiger partial charge < -0.3 is 19.6 Å². The van der Waals surface area contributed by atoms with Crippen LogP contribution in [-0.4, -0.2) is 28.6 Å². The van der Waals surface area contributed by atoms with Crippen LogP contribution in [0.3, 0.4) is 0 Å². The van der Waals surface area contributed by atoms with Crippen molar-refractivity contribution in [3.8, 4) is 11.6 Å². The van der Waals surface area contributed by atoms with Crippen molar-refractivity contribution in [3.63, 3.8) is 0 Å². The molecule has 1 amide bonds. The second-order valence-corrected chi connectivity index (χ2v) is 5.26. The summed E-state index contributed by atoms with van der Waals surface area (Å²) in [4.78, 5) is 16.0. The van der Waals surface area contributed by atoms with E-state index in [-0.39, 0.29) is 30.9 Å². The normalized spacial score (nSPS) is 17.5. The zero-order valence-electron chi connectivity index (χ0n) is 11.0. The van der Waals surface area contributed by atoms with E-state index < -0.39 is 0 Å². The highest BCUT2D eigenvalue weighted by atomic mass is 79.9. The van der Waals surface area contributed by atoms with Gasteiger partial charge in [0.25, 0.3) is 0 Å². The summed E-state index contributed by atoms with van der Waals surface area (Å²) < 4.78 is 11.0. The minimum absolute atomic E-state index is 0. The van der Waals surface area contributed by atoms with E-state index in [1.54, 1.807) is 12.1 Å². The molecule has 3 rings (SSSR count). The van der Waals surface area contributed by atoms with Gasteiger partial charge in [-0.05, 0) is 47.4 Å². The van der Waals surface area contributed by atoms with Crippen molar-refractivity contribution in [1.29, 1.82) is 0 Å². The summed E-state index contributed by atoms with van der Waals surface area (Å²) >= 11 is 3.21. The lowest BCUT2D eigenvalue weighted by molar-refractivity contribution is -0.123. The van der Waals surface area contributed by atoms with Crippen LogP contribution < -0.4 is 10.6 Å². The average Bonchev–Trinajstić information content (AvgIpc) is 3.16. The van der Waals surface area contributed by atoms with E-state index in [2.05, 4.69) is 36.7 Å². The third-order valence-electron chi connectivity index (χ3n) is 3.05. The molecule has 114 valence electrons. The summed E-state index contributed by atoms with van der Waals surface area (Å²) in [6, 6.07) is 3.37. The van der Waals surface area contributed by atoms with Crippen LogP contribution in [0, 0.1) is 0 Å². The van der Waals surface area contributed by atoms with Crippen molar-refractivity contribution in [3.05, 3.63) is 22.7 Å². The van der Waals surface area contributed by atoms with Crippen molar-refractivity contribution in [2.45, 2.75) is 25.4 Å². The van der Waals surface area contributed by atoms with Gasteiger partial charge in [0.05, 0.1) is 12.6 Å². The van der Waals surface area contributed by atoms with Crippen LogP contribution in [0.4, 0.5) is 0 Å². The Bertz CT molecular complexity index is 609. The number of carbonyl (C=O) groups is 1. The largest absolute Gasteiger partial charge is 0.446 e. The van der Waals surface area contributed by atoms with Crippen LogP contribution in [0.5, 0.6) is 0 Å². The monoisotopic (exact) mass is 376 g/mol. The Morgan fingerprint density at radius 2 is 2.38 bits per heavy atom. The summed E-state index contributed by atoms with van der Waals surface area (Å²) in [6.07, 6.45) is 1.89. The number of rotatable bonds is 4. The molecule has 7 nitrogen and oxygen atoms in total. The second-order valence-electron chi connectivity index (χ2n) is 4.48. The van der Waals surface area contributed by atoms with E-state index in [1.807, 2.05) is 0 Å². The van der Waals surface area contributed by atoms with E-state index in [0.29, 0.717) is 22.1 Å². The molecular weight excluding hydrogens is 364 g/mol. The number of furan rings is 1. The number of nitrogens with zero attached hydrogens (tertiary/aromatic N) is 2. The minimum atomic E-state index is -0.113. The predicted octanol–water partition coefficient (Wildman–Crippen LogP) is 1.88. The Labute approximate surface area is 135 Å². The first kappa shape index (κ1) is 16.0. The third-order valence-corrected chi connectivity index (χ3v) is 3.48. The molecule has 0 saturated carbocycles. The fourth-order valence-electron chi connectivity index (χ4n) is 2.06. The van der Waals surface area contributed by atoms with Crippen LogP contribution in [-0.2, 0) is 11.3 Å². The maximum absolute atomic E-state index is 11.8. The van der Waals surface area contributed by atoms with Crippen molar-refractivity contribution >= 4 is 34.2 Å². The molecule has 0 radical (unpaired) electrons. The first-order chi connectivity index (χ1) is 9.72. The highest BCUT2D eigenvalue weighted by Crippen LogP contribution is 2.22. The number of aromatic nitrogens is 2. The molecular formula is C12H14BrClN4O3. The Morgan fingerprint density at radius 1 is 1.52 bits per heavy atom. The third kappa shape index (κ3) is 3.84. The summed E-state index contributed by atoms with van der Waals surface area (Å²) in [5.74, 6) is 1.18. The SMILES string of the molecule is Cl.O=C(NCc1nc(-c2ccc(Br)o2)no1)C1CCCN1. The molecule has 0 aliphatic carbocycles. The smallest absolute Gasteiger partial charge is 0.246 e. The van der Waals surface area contributed by atoms with Crippen LogP contribution in [0.2, 0.25) is 0 Å². The van der Waals surface area contributed by atoms with Gasteiger partial charge in [0, 0.05) is 0 Å². The van der Waals surface area contributed by atoms with E-state index in [9.17, 15) is 4.79 Å². The highest BCUT2D eigenvalue weighted by molar-refractivity contribution is 9.10. The summed E-state index contributed by atoms with van der Waals surface area (Å²) in [5, 5.41) is 9.71. The van der Waals surface area contributed by atoms with E-state index in [0.717, 1.165) is 19.4 Å². The van der Waals surface area contributed by atoms with Crippen LogP contribution in [0.1, 0.15) is 18.7 Å². The van der Waals surface area contributed by atoms with Gasteiger partial charge in [-0.15, -0.1) is 12.4 Å². The Kier molecular flexibility index (Phi) is 5.38. The summed E-state index contributed by atoms with van der Waals surface area (Å²) in [6.45, 7) is 1.10. The number of nitrogens with one attached hydrogen (secondary N) is 2. The zero-order valence-corrected chi connectivity index (χ0v) is 13.4. The zero-order chi connectivity index (χ0) is 13.9. The summed E-state index contributed by atoms with van der Waals surface area (Å²) in [5.41, 5.74) is 0. The van der Waals surface area contributed by atoms with Gasteiger partial charge in [-0.1, -0.05) is 5.16 Å². The predicted molar refractivity (Wildman–Crippen MR) is 79.8 cm³/mol. The maximum atomic E-state index is 11.8. The molecule has 1 aliphatic rings. The molecule has 3 heterocycles. The van der Waals surface area contributed by atoms with Gasteiger partial charge >= 0.3 is 0 Å². The van der Waals surface area contributed by atoms with Crippen molar-refractivity contribution < 1.29 is 13.7 Å². The van der Waals surface area contributed by atoms with E-state index >= 15 is 0 Å². The Hall–Kier alpha value is -1.38. The number of hydrogen-bond donors (Lipinski definition) is 2. The van der Waals surface area contributed by atoms with Crippen molar-refractivity contribution in [2.24, 2.45) is 0 Å². The standard InChI is InChI=1S/C12H13BrN4O3.ClH/c13-9-4-3-8(19-9)11-16-10(20-17-11)6-15-12(18)7-2-1-5-14-7;/h3-4,7,14H,1-2,5-6H2,(H,15,18);1H. The van der Waals surface area contributed by atoms with E-state index in [4.69, 9.17) is 8.94 Å². The number of carbonyl (C=O) groups excluding carboxylic acids is 1. The molecule has 1 aliphatic heterocycles. The van der Waals surface area contributed by atoms with Gasteiger partial charge in [-0.3, -0.25) is 4.79 Å². The molecule has 2 aromatic heterocycles. The lowest BCUT2D eigenvalue weighted by Gasteiger charge is -2.08. The molecule has 1 unspecified atom stereocenters. The van der Waals surface area contributed by atoms with Crippen LogP contribution in [0.15, 0.2) is 25.7 Å². The van der Waals surface area contributed by atoms with Gasteiger partial charge in [-0.25, -0.2) is 0 Å². The molecule has 21 heavy (non-hydrogen) atoms. The number of halogens is 2. The quantitative estimate of drug-likeness (QED) is 0.845. The molecule has 0 bridgehead atoms.